The van der Waals surface area contributed by atoms with Gasteiger partial charge >= 0.3 is 0 Å². The largest absolute Gasteiger partial charge is 0.497 e. The number of aromatic nitrogens is 5. The molecule has 5 rings (SSSR count). The van der Waals surface area contributed by atoms with Crippen LogP contribution in [0.15, 0.2) is 53.7 Å². The molecule has 1 aliphatic heterocycles. The van der Waals surface area contributed by atoms with Gasteiger partial charge in [0.2, 0.25) is 0 Å². The van der Waals surface area contributed by atoms with Gasteiger partial charge in [0.05, 0.1) is 42.2 Å². The van der Waals surface area contributed by atoms with E-state index in [1.807, 2.05) is 55.5 Å². The van der Waals surface area contributed by atoms with Crippen LogP contribution < -0.4 is 4.74 Å². The van der Waals surface area contributed by atoms with Crippen molar-refractivity contribution in [1.29, 1.82) is 0 Å². The summed E-state index contributed by atoms with van der Waals surface area (Å²) in [7, 11) is 1.67. The Labute approximate surface area is 191 Å². The summed E-state index contributed by atoms with van der Waals surface area (Å²) in [6.07, 6.45) is 2.34. The molecule has 4 aromatic rings. The fourth-order valence-corrected chi connectivity index (χ4v) is 4.85. The Balaban J connectivity index is 1.43. The molecule has 1 aliphatic rings. The Bertz CT molecular complexity index is 1220. The van der Waals surface area contributed by atoms with Crippen LogP contribution >= 0.6 is 11.8 Å². The number of thioether (sulfide) groups is 1. The Hall–Kier alpha value is -2.97. The number of hydrogen-bond donors (Lipinski definition) is 0. The summed E-state index contributed by atoms with van der Waals surface area (Å²) in [6, 6.07) is 15.9. The molecule has 3 heterocycles. The summed E-state index contributed by atoms with van der Waals surface area (Å²) in [5, 5.41) is 9.92. The second-order valence-electron chi connectivity index (χ2n) is 7.81. The van der Waals surface area contributed by atoms with Crippen LogP contribution in [0.4, 0.5) is 0 Å². The van der Waals surface area contributed by atoms with Crippen molar-refractivity contribution in [2.45, 2.75) is 43.3 Å². The van der Waals surface area contributed by atoms with Gasteiger partial charge in [-0.1, -0.05) is 23.9 Å². The van der Waals surface area contributed by atoms with E-state index in [0.717, 1.165) is 70.7 Å². The second kappa shape index (κ2) is 9.26. The molecule has 2 aromatic carbocycles. The lowest BCUT2D eigenvalue weighted by Crippen LogP contribution is -2.16. The predicted octanol–water partition coefficient (Wildman–Crippen LogP) is 4.68. The second-order valence-corrected chi connectivity index (χ2v) is 8.76. The molecule has 0 saturated carbocycles. The maximum absolute atomic E-state index is 5.91. The van der Waals surface area contributed by atoms with Crippen molar-refractivity contribution in [2.24, 2.45) is 0 Å². The van der Waals surface area contributed by atoms with Crippen molar-refractivity contribution in [2.75, 3.05) is 13.7 Å². The fraction of sp³-hybridized carbons (Fsp3) is 0.333. The predicted molar refractivity (Wildman–Crippen MR) is 125 cm³/mol. The van der Waals surface area contributed by atoms with E-state index in [1.54, 1.807) is 18.9 Å². The van der Waals surface area contributed by atoms with Crippen molar-refractivity contribution in [3.8, 4) is 17.1 Å². The normalized spacial score (nSPS) is 16.0. The van der Waals surface area contributed by atoms with Gasteiger partial charge in [0.25, 0.3) is 0 Å². The van der Waals surface area contributed by atoms with Gasteiger partial charge in [0.1, 0.15) is 5.75 Å². The minimum atomic E-state index is 0.185. The fourth-order valence-electron chi connectivity index (χ4n) is 3.90. The van der Waals surface area contributed by atoms with Gasteiger partial charge in [-0.25, -0.2) is 9.97 Å². The van der Waals surface area contributed by atoms with Crippen LogP contribution in [0.3, 0.4) is 0 Å². The Morgan fingerprint density at radius 1 is 1.06 bits per heavy atom. The molecule has 32 heavy (non-hydrogen) atoms. The lowest BCUT2D eigenvalue weighted by atomic mass is 10.2. The van der Waals surface area contributed by atoms with E-state index < -0.39 is 0 Å². The minimum absolute atomic E-state index is 0.185. The van der Waals surface area contributed by atoms with Crippen LogP contribution in [0.1, 0.15) is 24.2 Å². The SMILES string of the molecule is COc1ccc(-c2nnc(SCc3nc4ccccc4nc3C)n2CC2CCCO2)cc1. The van der Waals surface area contributed by atoms with E-state index in [0.29, 0.717) is 5.75 Å². The molecule has 0 bridgehead atoms. The Kier molecular flexibility index (Phi) is 6.05. The van der Waals surface area contributed by atoms with E-state index in [1.165, 1.54) is 0 Å². The maximum atomic E-state index is 5.91. The van der Waals surface area contributed by atoms with Crippen LogP contribution in [0.5, 0.6) is 5.75 Å². The molecule has 0 radical (unpaired) electrons. The molecular weight excluding hydrogens is 422 g/mol. The average molecular weight is 448 g/mol. The number of nitrogens with zero attached hydrogens (tertiary/aromatic N) is 5. The van der Waals surface area contributed by atoms with Crippen molar-refractivity contribution >= 4 is 22.8 Å². The summed E-state index contributed by atoms with van der Waals surface area (Å²) in [5.74, 6) is 2.33. The summed E-state index contributed by atoms with van der Waals surface area (Å²) in [6.45, 7) is 3.56. The van der Waals surface area contributed by atoms with Crippen LogP contribution in [-0.2, 0) is 17.0 Å². The van der Waals surface area contributed by atoms with Gasteiger partial charge in [0.15, 0.2) is 11.0 Å². The molecule has 8 heteroatoms. The summed E-state index contributed by atoms with van der Waals surface area (Å²) in [4.78, 5) is 9.54. The first kappa shape index (κ1) is 20.9. The highest BCUT2D eigenvalue weighted by molar-refractivity contribution is 7.98. The third kappa shape index (κ3) is 4.33. The van der Waals surface area contributed by atoms with Gasteiger partial charge in [-0.15, -0.1) is 10.2 Å². The Morgan fingerprint density at radius 2 is 1.84 bits per heavy atom. The summed E-state index contributed by atoms with van der Waals surface area (Å²) < 4.78 is 13.4. The molecule has 1 unspecified atom stereocenters. The summed E-state index contributed by atoms with van der Waals surface area (Å²) in [5.41, 5.74) is 4.74. The highest BCUT2D eigenvalue weighted by Gasteiger charge is 2.22. The zero-order valence-corrected chi connectivity index (χ0v) is 19.0. The van der Waals surface area contributed by atoms with Crippen LogP contribution in [0.2, 0.25) is 0 Å². The van der Waals surface area contributed by atoms with Crippen LogP contribution in [0, 0.1) is 6.92 Å². The number of aryl methyl sites for hydroxylation is 1. The molecule has 0 spiro atoms. The average Bonchev–Trinajstić information content (AvgIpc) is 3.48. The van der Waals surface area contributed by atoms with Gasteiger partial charge in [-0.2, -0.15) is 0 Å². The quantitative estimate of drug-likeness (QED) is 0.381. The lowest BCUT2D eigenvalue weighted by Gasteiger charge is -2.15. The zero-order valence-electron chi connectivity index (χ0n) is 18.2. The molecule has 1 fully saturated rings. The first-order chi connectivity index (χ1) is 15.7. The lowest BCUT2D eigenvalue weighted by molar-refractivity contribution is 0.0953. The molecule has 2 aromatic heterocycles. The Morgan fingerprint density at radius 3 is 2.56 bits per heavy atom. The molecule has 1 atom stereocenters. The third-order valence-corrected chi connectivity index (χ3v) is 6.63. The van der Waals surface area contributed by atoms with Crippen molar-refractivity contribution < 1.29 is 9.47 Å². The molecule has 164 valence electrons. The van der Waals surface area contributed by atoms with Crippen molar-refractivity contribution in [1.82, 2.24) is 24.7 Å². The maximum Gasteiger partial charge on any atom is 0.191 e. The number of rotatable bonds is 7. The molecule has 0 amide bonds. The number of hydrogen-bond acceptors (Lipinski definition) is 7. The van der Waals surface area contributed by atoms with E-state index in [-0.39, 0.29) is 6.10 Å². The summed E-state index contributed by atoms with van der Waals surface area (Å²) >= 11 is 1.64. The van der Waals surface area contributed by atoms with Crippen LogP contribution in [0.25, 0.3) is 22.4 Å². The topological polar surface area (TPSA) is 75.0 Å². The van der Waals surface area contributed by atoms with Gasteiger partial charge in [0, 0.05) is 17.9 Å². The van der Waals surface area contributed by atoms with Gasteiger partial charge < -0.3 is 9.47 Å². The third-order valence-electron chi connectivity index (χ3n) is 5.66. The van der Waals surface area contributed by atoms with Crippen molar-refractivity contribution in [3.63, 3.8) is 0 Å². The molecule has 7 nitrogen and oxygen atoms in total. The molecular formula is C24H25N5O2S. The monoisotopic (exact) mass is 447 g/mol. The number of methoxy groups -OCH3 is 1. The van der Waals surface area contributed by atoms with E-state index in [2.05, 4.69) is 14.8 Å². The first-order valence-electron chi connectivity index (χ1n) is 10.8. The highest BCUT2D eigenvalue weighted by Crippen LogP contribution is 2.29. The molecule has 0 N–H and O–H groups in total. The van der Waals surface area contributed by atoms with E-state index in [4.69, 9.17) is 19.4 Å². The van der Waals surface area contributed by atoms with Gasteiger partial charge in [-0.05, 0) is 56.2 Å². The van der Waals surface area contributed by atoms with E-state index in [9.17, 15) is 0 Å². The van der Waals surface area contributed by atoms with Crippen LogP contribution in [-0.4, -0.2) is 44.6 Å². The van der Waals surface area contributed by atoms with E-state index >= 15 is 0 Å². The smallest absolute Gasteiger partial charge is 0.191 e. The van der Waals surface area contributed by atoms with Gasteiger partial charge in [-0.3, -0.25) is 4.57 Å². The number of para-hydroxylation sites is 2. The molecule has 1 saturated heterocycles. The zero-order chi connectivity index (χ0) is 21.9. The standard InChI is InChI=1S/C24H25N5O2S/c1-16-22(26-21-8-4-3-7-20(21)25-16)15-32-24-28-27-23(17-9-11-18(30-2)12-10-17)29(24)14-19-6-5-13-31-19/h3-4,7-12,19H,5-6,13-15H2,1-2H3. The number of benzene rings is 2. The minimum Gasteiger partial charge on any atom is -0.497 e. The highest BCUT2D eigenvalue weighted by atomic mass is 32.2. The van der Waals surface area contributed by atoms with Crippen molar-refractivity contribution in [3.05, 3.63) is 59.9 Å². The molecule has 0 aliphatic carbocycles. The number of fused-ring (bicyclic) bond motifs is 1. The first-order valence-corrected chi connectivity index (χ1v) is 11.7. The number of ether oxygens (including phenoxy) is 2.